The second-order valence-electron chi connectivity index (χ2n) is 5.25. The first kappa shape index (κ1) is 13.9. The zero-order chi connectivity index (χ0) is 14.8. The average molecular weight is 297 g/mol. The van der Waals surface area contributed by atoms with Gasteiger partial charge < -0.3 is 5.32 Å². The van der Waals surface area contributed by atoms with Crippen molar-refractivity contribution in [3.63, 3.8) is 0 Å². The fourth-order valence-corrected chi connectivity index (χ4v) is 2.74. The summed E-state index contributed by atoms with van der Waals surface area (Å²) in [7, 11) is 0. The molecular formula is C18H17ClN2. The molecule has 106 valence electrons. The highest BCUT2D eigenvalue weighted by atomic mass is 35.5. The van der Waals surface area contributed by atoms with Crippen molar-refractivity contribution in [1.29, 1.82) is 0 Å². The lowest BCUT2D eigenvalue weighted by molar-refractivity contribution is 1.12. The van der Waals surface area contributed by atoms with Gasteiger partial charge in [0.2, 0.25) is 0 Å². The SMILES string of the molecule is Cc1cc(Cl)ccc1CNc1ccc(C)c2ncccc12. The number of rotatable bonds is 3. The van der Waals surface area contributed by atoms with Gasteiger partial charge in [-0.25, -0.2) is 0 Å². The third-order valence-electron chi connectivity index (χ3n) is 3.75. The van der Waals surface area contributed by atoms with E-state index < -0.39 is 0 Å². The standard InChI is InChI=1S/C18H17ClN2/c1-12-5-8-17(16-4-3-9-20-18(12)16)21-11-14-6-7-15(19)10-13(14)2/h3-10,21H,11H2,1-2H3. The molecule has 2 aromatic carbocycles. The van der Waals surface area contributed by atoms with Crippen LogP contribution < -0.4 is 5.32 Å². The fraction of sp³-hybridized carbons (Fsp3) is 0.167. The lowest BCUT2D eigenvalue weighted by Gasteiger charge is -2.12. The fourth-order valence-electron chi connectivity index (χ4n) is 2.52. The van der Waals surface area contributed by atoms with Crippen LogP contribution in [0.1, 0.15) is 16.7 Å². The first-order chi connectivity index (χ1) is 10.1. The van der Waals surface area contributed by atoms with Crippen molar-refractivity contribution in [2.24, 2.45) is 0 Å². The molecule has 0 aliphatic rings. The van der Waals surface area contributed by atoms with Crippen LogP contribution in [0.5, 0.6) is 0 Å². The molecule has 0 fully saturated rings. The van der Waals surface area contributed by atoms with Crippen LogP contribution in [0.15, 0.2) is 48.7 Å². The first-order valence-corrected chi connectivity index (χ1v) is 7.36. The molecular weight excluding hydrogens is 280 g/mol. The van der Waals surface area contributed by atoms with Gasteiger partial charge in [0.1, 0.15) is 0 Å². The van der Waals surface area contributed by atoms with Crippen molar-refractivity contribution in [2.75, 3.05) is 5.32 Å². The summed E-state index contributed by atoms with van der Waals surface area (Å²) in [4.78, 5) is 4.47. The quantitative estimate of drug-likeness (QED) is 0.726. The summed E-state index contributed by atoms with van der Waals surface area (Å²) in [5.74, 6) is 0. The van der Waals surface area contributed by atoms with Crippen LogP contribution in [0.4, 0.5) is 5.69 Å². The maximum Gasteiger partial charge on any atom is 0.0751 e. The van der Waals surface area contributed by atoms with Gasteiger partial charge in [0, 0.05) is 28.8 Å². The number of benzene rings is 2. The summed E-state index contributed by atoms with van der Waals surface area (Å²) in [5.41, 5.74) is 5.80. The summed E-state index contributed by atoms with van der Waals surface area (Å²) >= 11 is 6.00. The Morgan fingerprint density at radius 3 is 2.71 bits per heavy atom. The minimum absolute atomic E-state index is 0.774. The number of aromatic nitrogens is 1. The summed E-state index contributed by atoms with van der Waals surface area (Å²) in [6, 6.07) is 14.3. The summed E-state index contributed by atoms with van der Waals surface area (Å²) < 4.78 is 0. The van der Waals surface area contributed by atoms with E-state index in [-0.39, 0.29) is 0 Å². The predicted octanol–water partition coefficient (Wildman–Crippen LogP) is 5.12. The molecule has 0 saturated heterocycles. The van der Waals surface area contributed by atoms with E-state index >= 15 is 0 Å². The Morgan fingerprint density at radius 2 is 1.90 bits per heavy atom. The van der Waals surface area contributed by atoms with Crippen molar-refractivity contribution in [3.8, 4) is 0 Å². The molecule has 0 spiro atoms. The van der Waals surface area contributed by atoms with Crippen LogP contribution in [-0.2, 0) is 6.54 Å². The zero-order valence-corrected chi connectivity index (χ0v) is 12.9. The van der Waals surface area contributed by atoms with E-state index in [1.165, 1.54) is 16.7 Å². The van der Waals surface area contributed by atoms with Crippen LogP contribution in [0.3, 0.4) is 0 Å². The van der Waals surface area contributed by atoms with Gasteiger partial charge in [0.25, 0.3) is 0 Å². The highest BCUT2D eigenvalue weighted by Crippen LogP contribution is 2.25. The monoisotopic (exact) mass is 296 g/mol. The van der Waals surface area contributed by atoms with Gasteiger partial charge in [-0.05, 0) is 60.9 Å². The molecule has 0 bridgehead atoms. The van der Waals surface area contributed by atoms with Gasteiger partial charge in [0.05, 0.1) is 5.52 Å². The van der Waals surface area contributed by atoms with Crippen molar-refractivity contribution < 1.29 is 0 Å². The maximum absolute atomic E-state index is 6.00. The zero-order valence-electron chi connectivity index (χ0n) is 12.2. The minimum Gasteiger partial charge on any atom is -0.380 e. The Hall–Kier alpha value is -2.06. The van der Waals surface area contributed by atoms with Crippen LogP contribution in [0.25, 0.3) is 10.9 Å². The number of hydrogen-bond donors (Lipinski definition) is 1. The highest BCUT2D eigenvalue weighted by Gasteiger charge is 2.05. The second-order valence-corrected chi connectivity index (χ2v) is 5.69. The van der Waals surface area contributed by atoms with Crippen molar-refractivity contribution >= 4 is 28.2 Å². The molecule has 1 heterocycles. The molecule has 0 unspecified atom stereocenters. The van der Waals surface area contributed by atoms with E-state index in [1.54, 1.807) is 0 Å². The van der Waals surface area contributed by atoms with E-state index in [0.717, 1.165) is 28.2 Å². The van der Waals surface area contributed by atoms with Crippen molar-refractivity contribution in [1.82, 2.24) is 4.98 Å². The number of aryl methyl sites for hydroxylation is 2. The molecule has 2 nitrogen and oxygen atoms in total. The Balaban J connectivity index is 1.90. The van der Waals surface area contributed by atoms with Gasteiger partial charge in [-0.15, -0.1) is 0 Å². The molecule has 1 N–H and O–H groups in total. The molecule has 3 rings (SSSR count). The number of anilines is 1. The summed E-state index contributed by atoms with van der Waals surface area (Å²) in [6.07, 6.45) is 1.84. The summed E-state index contributed by atoms with van der Waals surface area (Å²) in [6.45, 7) is 4.94. The average Bonchev–Trinajstić information content (AvgIpc) is 2.48. The highest BCUT2D eigenvalue weighted by molar-refractivity contribution is 6.30. The number of nitrogens with one attached hydrogen (secondary N) is 1. The van der Waals surface area contributed by atoms with Crippen molar-refractivity contribution in [2.45, 2.75) is 20.4 Å². The molecule has 0 saturated carbocycles. The minimum atomic E-state index is 0.774. The van der Waals surface area contributed by atoms with Gasteiger partial charge in [-0.3, -0.25) is 4.98 Å². The number of fused-ring (bicyclic) bond motifs is 1. The van der Waals surface area contributed by atoms with E-state index in [0.29, 0.717) is 0 Å². The van der Waals surface area contributed by atoms with Crippen LogP contribution in [0, 0.1) is 13.8 Å². The van der Waals surface area contributed by atoms with Crippen LogP contribution in [-0.4, -0.2) is 4.98 Å². The smallest absolute Gasteiger partial charge is 0.0751 e. The molecule has 0 radical (unpaired) electrons. The van der Waals surface area contributed by atoms with Gasteiger partial charge in [-0.2, -0.15) is 0 Å². The van der Waals surface area contributed by atoms with Gasteiger partial charge in [0.15, 0.2) is 0 Å². The van der Waals surface area contributed by atoms with Crippen LogP contribution >= 0.6 is 11.6 Å². The normalized spacial score (nSPS) is 10.8. The topological polar surface area (TPSA) is 24.9 Å². The van der Waals surface area contributed by atoms with E-state index in [9.17, 15) is 0 Å². The number of pyridine rings is 1. The lowest BCUT2D eigenvalue weighted by Crippen LogP contribution is -2.02. The van der Waals surface area contributed by atoms with E-state index in [4.69, 9.17) is 11.6 Å². The number of halogens is 1. The van der Waals surface area contributed by atoms with E-state index in [2.05, 4.69) is 48.4 Å². The van der Waals surface area contributed by atoms with E-state index in [1.807, 2.05) is 24.4 Å². The molecule has 3 aromatic rings. The molecule has 0 atom stereocenters. The lowest BCUT2D eigenvalue weighted by atomic mass is 10.1. The number of nitrogens with zero attached hydrogens (tertiary/aromatic N) is 1. The molecule has 0 aliphatic heterocycles. The Kier molecular flexibility index (Phi) is 3.80. The molecule has 0 amide bonds. The third-order valence-corrected chi connectivity index (χ3v) is 3.98. The number of hydrogen-bond acceptors (Lipinski definition) is 2. The van der Waals surface area contributed by atoms with Gasteiger partial charge >= 0.3 is 0 Å². The maximum atomic E-state index is 6.00. The molecule has 3 heteroatoms. The third kappa shape index (κ3) is 2.86. The molecule has 0 aliphatic carbocycles. The van der Waals surface area contributed by atoms with Crippen LogP contribution in [0.2, 0.25) is 5.02 Å². The molecule has 1 aromatic heterocycles. The van der Waals surface area contributed by atoms with Gasteiger partial charge in [-0.1, -0.05) is 23.7 Å². The summed E-state index contributed by atoms with van der Waals surface area (Å²) in [5, 5.41) is 5.44. The largest absolute Gasteiger partial charge is 0.380 e. The molecule has 21 heavy (non-hydrogen) atoms. The Morgan fingerprint density at radius 1 is 1.05 bits per heavy atom. The predicted molar refractivity (Wildman–Crippen MR) is 90.0 cm³/mol. The second kappa shape index (κ2) is 5.74. The Labute approximate surface area is 129 Å². The Bertz CT molecular complexity index is 796. The first-order valence-electron chi connectivity index (χ1n) is 6.98. The van der Waals surface area contributed by atoms with Crippen molar-refractivity contribution in [3.05, 3.63) is 70.4 Å².